The number of likely N-dealkylation sites (N-methyl/N-ethyl adjacent to an activating group) is 1. The van der Waals surface area contributed by atoms with Crippen LogP contribution in [0.3, 0.4) is 0 Å². The Hall–Kier alpha value is -0.910. The fourth-order valence-corrected chi connectivity index (χ4v) is 2.95. The Bertz CT molecular complexity index is 487. The molecule has 2 N–H and O–H groups in total. The highest BCUT2D eigenvalue weighted by molar-refractivity contribution is 7.15. The predicted octanol–water partition coefficient (Wildman–Crippen LogP) is 2.00. The molecule has 0 aromatic carbocycles. The van der Waals surface area contributed by atoms with E-state index in [4.69, 9.17) is 5.73 Å². The maximum Gasteiger partial charge on any atom is 0.193 e. The van der Waals surface area contributed by atoms with Crippen LogP contribution in [0.5, 0.6) is 0 Å². The van der Waals surface area contributed by atoms with Crippen molar-refractivity contribution >= 4 is 16.3 Å². The van der Waals surface area contributed by atoms with Crippen molar-refractivity contribution in [3.63, 3.8) is 0 Å². The molecule has 0 fully saturated rings. The van der Waals surface area contributed by atoms with Crippen molar-refractivity contribution in [3.05, 3.63) is 23.5 Å². The summed E-state index contributed by atoms with van der Waals surface area (Å²) >= 11 is 1.66. The van der Waals surface area contributed by atoms with Gasteiger partial charge in [0.15, 0.2) is 4.96 Å². The van der Waals surface area contributed by atoms with Gasteiger partial charge in [0, 0.05) is 35.8 Å². The minimum absolute atomic E-state index is 0.0110. The van der Waals surface area contributed by atoms with Crippen molar-refractivity contribution in [2.45, 2.75) is 38.3 Å². The van der Waals surface area contributed by atoms with Gasteiger partial charge in [0.05, 0.1) is 5.69 Å². The third-order valence-electron chi connectivity index (χ3n) is 4.11. The lowest BCUT2D eigenvalue weighted by Gasteiger charge is -2.40. The van der Waals surface area contributed by atoms with E-state index in [-0.39, 0.29) is 11.6 Å². The highest BCUT2D eigenvalue weighted by Gasteiger charge is 2.32. The SMILES string of the molecule is CCC(C)(C(N)Cc1cn2ccsc2n1)N(C)C. The molecule has 0 aliphatic rings. The number of thiazole rings is 1. The third-order valence-corrected chi connectivity index (χ3v) is 4.88. The molecule has 2 atom stereocenters. The molecule has 0 spiro atoms. The van der Waals surface area contributed by atoms with Gasteiger partial charge in [-0.2, -0.15) is 0 Å². The number of imidazole rings is 1. The van der Waals surface area contributed by atoms with Crippen molar-refractivity contribution in [3.8, 4) is 0 Å². The number of nitrogens with zero attached hydrogens (tertiary/aromatic N) is 3. The van der Waals surface area contributed by atoms with Crippen molar-refractivity contribution in [1.82, 2.24) is 14.3 Å². The van der Waals surface area contributed by atoms with Crippen molar-refractivity contribution in [1.29, 1.82) is 0 Å². The van der Waals surface area contributed by atoms with Crippen molar-refractivity contribution in [2.75, 3.05) is 14.1 Å². The molecule has 2 unspecified atom stereocenters. The van der Waals surface area contributed by atoms with E-state index in [0.29, 0.717) is 0 Å². The normalized spacial score (nSPS) is 17.2. The van der Waals surface area contributed by atoms with Crippen molar-refractivity contribution < 1.29 is 0 Å². The highest BCUT2D eigenvalue weighted by Crippen LogP contribution is 2.22. The lowest BCUT2D eigenvalue weighted by atomic mass is 9.86. The fourth-order valence-electron chi connectivity index (χ4n) is 2.23. The van der Waals surface area contributed by atoms with Crippen LogP contribution >= 0.6 is 11.3 Å². The molecule has 18 heavy (non-hydrogen) atoms. The fraction of sp³-hybridized carbons (Fsp3) is 0.615. The van der Waals surface area contributed by atoms with E-state index < -0.39 is 0 Å². The van der Waals surface area contributed by atoms with E-state index >= 15 is 0 Å². The molecule has 0 bridgehead atoms. The molecule has 0 amide bonds. The Labute approximate surface area is 112 Å². The molecular formula is C13H22N4S. The van der Waals surface area contributed by atoms with Crippen LogP contribution in [0.2, 0.25) is 0 Å². The molecule has 5 heteroatoms. The zero-order chi connectivity index (χ0) is 13.3. The summed E-state index contributed by atoms with van der Waals surface area (Å²) in [5, 5.41) is 2.04. The van der Waals surface area contributed by atoms with Crippen molar-refractivity contribution in [2.24, 2.45) is 5.73 Å². The van der Waals surface area contributed by atoms with E-state index in [1.165, 1.54) is 0 Å². The molecule has 4 nitrogen and oxygen atoms in total. The topological polar surface area (TPSA) is 46.6 Å². The minimum Gasteiger partial charge on any atom is -0.326 e. The molecule has 0 saturated carbocycles. The summed E-state index contributed by atoms with van der Waals surface area (Å²) in [6, 6.07) is 0.0853. The average molecular weight is 266 g/mol. The largest absolute Gasteiger partial charge is 0.326 e. The Morgan fingerprint density at radius 1 is 1.56 bits per heavy atom. The molecule has 2 heterocycles. The monoisotopic (exact) mass is 266 g/mol. The molecule has 0 aliphatic carbocycles. The second-order valence-electron chi connectivity index (χ2n) is 5.24. The molecule has 2 rings (SSSR count). The second kappa shape index (κ2) is 4.99. The Morgan fingerprint density at radius 3 is 2.83 bits per heavy atom. The molecule has 0 aliphatic heterocycles. The van der Waals surface area contributed by atoms with E-state index in [1.807, 2.05) is 11.6 Å². The van der Waals surface area contributed by atoms with Crippen LogP contribution < -0.4 is 5.73 Å². The first kappa shape index (κ1) is 13.5. The van der Waals surface area contributed by atoms with Crippen LogP contribution in [0, 0.1) is 0 Å². The van der Waals surface area contributed by atoms with Gasteiger partial charge in [0.25, 0.3) is 0 Å². The molecule has 0 saturated heterocycles. The third kappa shape index (κ3) is 2.30. The van der Waals surface area contributed by atoms with Crippen LogP contribution in [0.25, 0.3) is 4.96 Å². The lowest BCUT2D eigenvalue weighted by molar-refractivity contribution is 0.131. The number of hydrogen-bond acceptors (Lipinski definition) is 4. The van der Waals surface area contributed by atoms with Gasteiger partial charge >= 0.3 is 0 Å². The molecular weight excluding hydrogens is 244 g/mol. The van der Waals surface area contributed by atoms with Gasteiger partial charge in [-0.3, -0.25) is 4.40 Å². The van der Waals surface area contributed by atoms with Gasteiger partial charge in [0.2, 0.25) is 0 Å². The number of hydrogen-bond donors (Lipinski definition) is 1. The zero-order valence-corrected chi connectivity index (χ0v) is 12.4. The minimum atomic E-state index is 0.0110. The first-order valence-electron chi connectivity index (χ1n) is 6.31. The predicted molar refractivity (Wildman–Crippen MR) is 77.1 cm³/mol. The van der Waals surface area contributed by atoms with Gasteiger partial charge in [0.1, 0.15) is 0 Å². The summed E-state index contributed by atoms with van der Waals surface area (Å²) in [4.78, 5) is 7.86. The maximum atomic E-state index is 6.40. The number of fused-ring (bicyclic) bond motifs is 1. The van der Waals surface area contributed by atoms with Gasteiger partial charge < -0.3 is 10.6 Å². The Balaban J connectivity index is 2.15. The average Bonchev–Trinajstić information content (AvgIpc) is 2.87. The Kier molecular flexibility index (Phi) is 3.75. The summed E-state index contributed by atoms with van der Waals surface area (Å²) < 4.78 is 2.06. The standard InChI is InChI=1S/C13H22N4S/c1-5-13(2,16(3)4)11(14)8-10-9-17-6-7-18-12(17)15-10/h6-7,9,11H,5,8,14H2,1-4H3. The van der Waals surface area contributed by atoms with Gasteiger partial charge in [-0.15, -0.1) is 11.3 Å². The Morgan fingerprint density at radius 2 is 2.28 bits per heavy atom. The van der Waals surface area contributed by atoms with Gasteiger partial charge in [-0.05, 0) is 27.4 Å². The highest BCUT2D eigenvalue weighted by atomic mass is 32.1. The van der Waals surface area contributed by atoms with Crippen LogP contribution in [0.4, 0.5) is 0 Å². The van der Waals surface area contributed by atoms with E-state index in [1.54, 1.807) is 11.3 Å². The summed E-state index contributed by atoms with van der Waals surface area (Å²) in [6.07, 6.45) is 5.96. The molecule has 2 aromatic rings. The quantitative estimate of drug-likeness (QED) is 0.900. The molecule has 0 radical (unpaired) electrons. The van der Waals surface area contributed by atoms with E-state index in [0.717, 1.165) is 23.5 Å². The number of aromatic nitrogens is 2. The summed E-state index contributed by atoms with van der Waals surface area (Å²) in [5.74, 6) is 0. The zero-order valence-electron chi connectivity index (χ0n) is 11.6. The van der Waals surface area contributed by atoms with E-state index in [9.17, 15) is 0 Å². The molecule has 2 aromatic heterocycles. The first-order chi connectivity index (χ1) is 8.47. The lowest BCUT2D eigenvalue weighted by Crippen LogP contribution is -2.55. The summed E-state index contributed by atoms with van der Waals surface area (Å²) in [6.45, 7) is 4.40. The first-order valence-corrected chi connectivity index (χ1v) is 7.19. The van der Waals surface area contributed by atoms with Gasteiger partial charge in [-0.1, -0.05) is 6.92 Å². The van der Waals surface area contributed by atoms with E-state index in [2.05, 4.69) is 48.4 Å². The number of rotatable bonds is 5. The van der Waals surface area contributed by atoms with Gasteiger partial charge in [-0.25, -0.2) is 4.98 Å². The number of nitrogens with two attached hydrogens (primary N) is 1. The second-order valence-corrected chi connectivity index (χ2v) is 6.11. The van der Waals surface area contributed by atoms with Crippen LogP contribution in [-0.2, 0) is 6.42 Å². The maximum absolute atomic E-state index is 6.40. The smallest absolute Gasteiger partial charge is 0.193 e. The summed E-state index contributed by atoms with van der Waals surface area (Å²) in [5.41, 5.74) is 7.49. The summed E-state index contributed by atoms with van der Waals surface area (Å²) in [7, 11) is 4.18. The van der Waals surface area contributed by atoms with Crippen LogP contribution in [-0.4, -0.2) is 40.0 Å². The van der Waals surface area contributed by atoms with Crippen LogP contribution in [0.1, 0.15) is 26.0 Å². The van der Waals surface area contributed by atoms with Crippen LogP contribution in [0.15, 0.2) is 17.8 Å². The molecule has 100 valence electrons.